The van der Waals surface area contributed by atoms with Gasteiger partial charge in [-0.2, -0.15) is 0 Å². The Bertz CT molecular complexity index is 628. The fraction of sp³-hybridized carbons (Fsp3) is 0.250. The summed E-state index contributed by atoms with van der Waals surface area (Å²) in [5.74, 6) is 0.883. The van der Waals surface area contributed by atoms with E-state index in [-0.39, 0.29) is 4.83 Å². The summed E-state index contributed by atoms with van der Waals surface area (Å²) < 4.78 is 8.81. The fourth-order valence-electron chi connectivity index (χ4n) is 1.89. The number of halogens is 4. The Morgan fingerprint density at radius 2 is 1.76 bits per heavy atom. The Balaban J connectivity index is 2.29. The lowest BCUT2D eigenvalue weighted by molar-refractivity contribution is 0.315. The topological polar surface area (TPSA) is 9.23 Å². The van der Waals surface area contributed by atoms with Crippen LogP contribution in [0.5, 0.6) is 5.75 Å². The van der Waals surface area contributed by atoms with Crippen LogP contribution >= 0.6 is 63.7 Å². The van der Waals surface area contributed by atoms with Gasteiger partial charge in [0.15, 0.2) is 0 Å². The normalized spacial score (nSPS) is 12.2. The van der Waals surface area contributed by atoms with Crippen molar-refractivity contribution in [2.24, 2.45) is 0 Å². The van der Waals surface area contributed by atoms with E-state index in [0.717, 1.165) is 32.2 Å². The largest absolute Gasteiger partial charge is 0.492 e. The summed E-state index contributed by atoms with van der Waals surface area (Å²) in [5.41, 5.74) is 2.35. The van der Waals surface area contributed by atoms with Crippen molar-refractivity contribution in [1.82, 2.24) is 0 Å². The third-order valence-electron chi connectivity index (χ3n) is 2.94. The molecule has 0 aliphatic heterocycles. The minimum absolute atomic E-state index is 0.112. The zero-order chi connectivity index (χ0) is 15.4. The van der Waals surface area contributed by atoms with Gasteiger partial charge in [-0.3, -0.25) is 0 Å². The molecule has 5 heteroatoms. The van der Waals surface area contributed by atoms with Crippen molar-refractivity contribution in [3.8, 4) is 5.75 Å². The third-order valence-corrected chi connectivity index (χ3v) is 5.80. The van der Waals surface area contributed by atoms with E-state index in [0.29, 0.717) is 0 Å². The molecule has 0 amide bonds. The van der Waals surface area contributed by atoms with E-state index in [4.69, 9.17) is 4.74 Å². The first-order chi connectivity index (χ1) is 10.0. The monoisotopic (exact) mass is 538 g/mol. The van der Waals surface area contributed by atoms with Crippen molar-refractivity contribution in [2.75, 3.05) is 6.61 Å². The maximum atomic E-state index is 5.69. The highest BCUT2D eigenvalue weighted by Gasteiger charge is 2.15. The van der Waals surface area contributed by atoms with Crippen LogP contribution in [0, 0.1) is 0 Å². The minimum atomic E-state index is 0.112. The zero-order valence-electron chi connectivity index (χ0n) is 11.4. The third kappa shape index (κ3) is 4.57. The number of rotatable bonds is 5. The molecule has 0 radical (unpaired) electrons. The SMILES string of the molecule is CCCOc1ccc(C(Br)c2cc(Br)ccc2Br)cc1Br. The Morgan fingerprint density at radius 3 is 2.43 bits per heavy atom. The van der Waals surface area contributed by atoms with Crippen LogP contribution in [0.1, 0.15) is 29.3 Å². The molecule has 21 heavy (non-hydrogen) atoms. The summed E-state index contributed by atoms with van der Waals surface area (Å²) in [6, 6.07) is 12.4. The molecule has 1 nitrogen and oxygen atoms in total. The summed E-state index contributed by atoms with van der Waals surface area (Å²) in [6.07, 6.45) is 1.00. The highest BCUT2D eigenvalue weighted by Crippen LogP contribution is 2.39. The van der Waals surface area contributed by atoms with Crippen LogP contribution < -0.4 is 4.74 Å². The second-order valence-electron chi connectivity index (χ2n) is 4.57. The molecule has 0 fully saturated rings. The van der Waals surface area contributed by atoms with Gasteiger partial charge in [0.25, 0.3) is 0 Å². The fourth-order valence-corrected chi connectivity index (χ4v) is 4.23. The van der Waals surface area contributed by atoms with Crippen LogP contribution in [0.4, 0.5) is 0 Å². The van der Waals surface area contributed by atoms with Crippen LogP contribution in [0.15, 0.2) is 49.8 Å². The average molecular weight is 542 g/mol. The molecule has 112 valence electrons. The molecule has 0 aliphatic carbocycles. The van der Waals surface area contributed by atoms with Gasteiger partial charge in [0, 0.05) is 8.95 Å². The number of benzene rings is 2. The first kappa shape index (κ1) is 17.5. The molecule has 0 heterocycles. The van der Waals surface area contributed by atoms with Gasteiger partial charge in [0.1, 0.15) is 5.75 Å². The Hall–Kier alpha value is 0.160. The molecule has 2 aromatic carbocycles. The van der Waals surface area contributed by atoms with E-state index >= 15 is 0 Å². The van der Waals surface area contributed by atoms with E-state index in [1.165, 1.54) is 11.1 Å². The molecule has 2 rings (SSSR count). The molecule has 1 atom stereocenters. The first-order valence-electron chi connectivity index (χ1n) is 6.54. The molecule has 1 unspecified atom stereocenters. The summed E-state index contributed by atoms with van der Waals surface area (Å²) >= 11 is 14.5. The van der Waals surface area contributed by atoms with Gasteiger partial charge in [-0.15, -0.1) is 0 Å². The predicted octanol–water partition coefficient (Wildman–Crippen LogP) is 7.25. The lowest BCUT2D eigenvalue weighted by Crippen LogP contribution is -1.98. The van der Waals surface area contributed by atoms with Crippen LogP contribution in [-0.2, 0) is 0 Å². The smallest absolute Gasteiger partial charge is 0.133 e. The molecule has 0 saturated heterocycles. The molecule has 0 bridgehead atoms. The van der Waals surface area contributed by atoms with Crippen LogP contribution in [0.2, 0.25) is 0 Å². The number of hydrogen-bond acceptors (Lipinski definition) is 1. The van der Waals surface area contributed by atoms with E-state index in [1.54, 1.807) is 0 Å². The second-order valence-corrected chi connectivity index (χ2v) is 8.11. The minimum Gasteiger partial charge on any atom is -0.492 e. The van der Waals surface area contributed by atoms with Gasteiger partial charge in [-0.05, 0) is 63.8 Å². The van der Waals surface area contributed by atoms with Gasteiger partial charge < -0.3 is 4.74 Å². The van der Waals surface area contributed by atoms with Crippen molar-refractivity contribution in [3.63, 3.8) is 0 Å². The van der Waals surface area contributed by atoms with Crippen molar-refractivity contribution in [3.05, 3.63) is 60.9 Å². The molecule has 0 aliphatic rings. The summed E-state index contributed by atoms with van der Waals surface area (Å²) in [4.78, 5) is 0.112. The van der Waals surface area contributed by atoms with E-state index in [1.807, 2.05) is 18.2 Å². The average Bonchev–Trinajstić information content (AvgIpc) is 2.47. The molecule has 0 aromatic heterocycles. The maximum absolute atomic E-state index is 5.69. The molecule has 2 aromatic rings. The van der Waals surface area contributed by atoms with E-state index in [9.17, 15) is 0 Å². The Morgan fingerprint density at radius 1 is 1.00 bits per heavy atom. The highest BCUT2D eigenvalue weighted by molar-refractivity contribution is 9.11. The van der Waals surface area contributed by atoms with Crippen LogP contribution in [0.3, 0.4) is 0 Å². The maximum Gasteiger partial charge on any atom is 0.133 e. The summed E-state index contributed by atoms with van der Waals surface area (Å²) in [5, 5.41) is 0. The van der Waals surface area contributed by atoms with E-state index in [2.05, 4.69) is 88.8 Å². The number of hydrogen-bond donors (Lipinski definition) is 0. The van der Waals surface area contributed by atoms with Crippen LogP contribution in [-0.4, -0.2) is 6.61 Å². The molecule has 0 N–H and O–H groups in total. The molecule has 0 saturated carbocycles. The summed E-state index contributed by atoms with van der Waals surface area (Å²) in [7, 11) is 0. The second kappa shape index (κ2) is 8.14. The lowest BCUT2D eigenvalue weighted by Gasteiger charge is -2.15. The standard InChI is InChI=1S/C16H14Br4O/c1-2-7-21-15-6-3-10(8-14(15)19)16(20)12-9-11(17)4-5-13(12)18/h3-6,8-9,16H,2,7H2,1H3. The van der Waals surface area contributed by atoms with Gasteiger partial charge in [0.05, 0.1) is 15.9 Å². The van der Waals surface area contributed by atoms with Gasteiger partial charge in [-0.25, -0.2) is 0 Å². The van der Waals surface area contributed by atoms with Gasteiger partial charge in [0.2, 0.25) is 0 Å². The molecule has 0 spiro atoms. The van der Waals surface area contributed by atoms with Crippen molar-refractivity contribution in [2.45, 2.75) is 18.2 Å². The Labute approximate surface area is 159 Å². The van der Waals surface area contributed by atoms with Crippen LogP contribution in [0.25, 0.3) is 0 Å². The highest BCUT2D eigenvalue weighted by atomic mass is 79.9. The Kier molecular flexibility index (Phi) is 6.79. The predicted molar refractivity (Wildman–Crippen MR) is 103 cm³/mol. The molecular formula is C16H14Br4O. The van der Waals surface area contributed by atoms with Crippen molar-refractivity contribution < 1.29 is 4.74 Å². The van der Waals surface area contributed by atoms with E-state index < -0.39 is 0 Å². The van der Waals surface area contributed by atoms with Crippen molar-refractivity contribution in [1.29, 1.82) is 0 Å². The lowest BCUT2D eigenvalue weighted by atomic mass is 10.0. The summed E-state index contributed by atoms with van der Waals surface area (Å²) in [6.45, 7) is 2.83. The van der Waals surface area contributed by atoms with Crippen molar-refractivity contribution >= 4 is 63.7 Å². The number of ether oxygens (including phenoxy) is 1. The number of alkyl halides is 1. The van der Waals surface area contributed by atoms with Gasteiger partial charge in [-0.1, -0.05) is 60.8 Å². The van der Waals surface area contributed by atoms with Gasteiger partial charge >= 0.3 is 0 Å². The first-order valence-corrected chi connectivity index (χ1v) is 9.83. The zero-order valence-corrected chi connectivity index (χ0v) is 17.7. The quantitative estimate of drug-likeness (QED) is 0.362. The molecular weight excluding hydrogens is 528 g/mol.